The third kappa shape index (κ3) is 5.32. The molecule has 1 aliphatic heterocycles. The molecule has 9 nitrogen and oxygen atoms in total. The van der Waals surface area contributed by atoms with Gasteiger partial charge in [0, 0.05) is 85.1 Å². The zero-order valence-electron chi connectivity index (χ0n) is 23.1. The molecule has 5 rings (SSSR count). The highest BCUT2D eigenvalue weighted by Gasteiger charge is 2.29. The van der Waals surface area contributed by atoms with Gasteiger partial charge in [0.1, 0.15) is 11.5 Å². The number of H-pyrrole nitrogens is 1. The van der Waals surface area contributed by atoms with E-state index in [9.17, 15) is 14.9 Å². The van der Waals surface area contributed by atoms with Crippen LogP contribution >= 0.6 is 0 Å². The molecule has 1 fully saturated rings. The van der Waals surface area contributed by atoms with Crippen LogP contribution in [0.15, 0.2) is 66.9 Å². The Hall–Kier alpha value is -4.53. The number of aryl methyl sites for hydroxylation is 1. The maximum absolute atomic E-state index is 13.8. The zero-order chi connectivity index (χ0) is 28.2. The van der Waals surface area contributed by atoms with Crippen LogP contribution in [0.1, 0.15) is 36.0 Å². The van der Waals surface area contributed by atoms with E-state index in [-0.39, 0.29) is 17.5 Å². The highest BCUT2D eigenvalue weighted by molar-refractivity contribution is 5.88. The number of nitrogens with zero attached hydrogens (tertiary/aromatic N) is 3. The Labute approximate surface area is 233 Å². The van der Waals surface area contributed by atoms with Crippen LogP contribution in [0.4, 0.5) is 11.4 Å². The van der Waals surface area contributed by atoms with E-state index in [0.29, 0.717) is 44.1 Å². The molecule has 0 bridgehead atoms. The molecule has 0 saturated carbocycles. The second-order valence-corrected chi connectivity index (χ2v) is 9.94. The molecule has 0 spiro atoms. The molecule has 1 atom stereocenters. The number of aromatic amines is 1. The van der Waals surface area contributed by atoms with Crippen molar-refractivity contribution in [3.63, 3.8) is 0 Å². The fourth-order valence-corrected chi connectivity index (χ4v) is 5.62. The smallest absolute Gasteiger partial charge is 0.269 e. The standard InChI is InChI=1S/C31H34N4O5/c1-4-21-6-5-7-26-28(20-32-31(21)26)27(25-13-12-24(39-2)18-29(25)40-3)19-30(36)34-16-14-33(15-17-34)22-8-10-23(11-9-22)35(37)38/h5-13,18,20,27,32H,4,14-17,19H2,1-3H3. The summed E-state index contributed by atoms with van der Waals surface area (Å²) in [6.07, 6.45) is 3.23. The Morgan fingerprint density at radius 1 is 1.00 bits per heavy atom. The molecule has 4 aromatic rings. The number of benzene rings is 3. The number of rotatable bonds is 9. The Kier molecular flexibility index (Phi) is 7.91. The fourth-order valence-electron chi connectivity index (χ4n) is 5.62. The van der Waals surface area contributed by atoms with Crippen molar-refractivity contribution in [1.82, 2.24) is 9.88 Å². The van der Waals surface area contributed by atoms with Gasteiger partial charge < -0.3 is 24.3 Å². The summed E-state index contributed by atoms with van der Waals surface area (Å²) >= 11 is 0. The van der Waals surface area contributed by atoms with Gasteiger partial charge in [0.25, 0.3) is 5.69 Å². The molecule has 1 saturated heterocycles. The van der Waals surface area contributed by atoms with Crippen LogP contribution in [-0.2, 0) is 11.2 Å². The van der Waals surface area contributed by atoms with Crippen molar-refractivity contribution >= 4 is 28.2 Å². The molecule has 1 aliphatic rings. The van der Waals surface area contributed by atoms with Crippen LogP contribution in [0.5, 0.6) is 11.5 Å². The summed E-state index contributed by atoms with van der Waals surface area (Å²) in [5.41, 5.74) is 5.32. The maximum Gasteiger partial charge on any atom is 0.269 e. The molecule has 1 aromatic heterocycles. The molecule has 3 aromatic carbocycles. The first kappa shape index (κ1) is 27.1. The number of nitrogens with one attached hydrogen (secondary N) is 1. The highest BCUT2D eigenvalue weighted by Crippen LogP contribution is 2.40. The number of anilines is 1. The molecule has 1 amide bonds. The lowest BCUT2D eigenvalue weighted by atomic mass is 9.86. The SMILES string of the molecule is CCc1cccc2c(C(CC(=O)N3CCN(c4ccc([N+](=O)[O-])cc4)CC3)c3ccc(OC)cc3OC)c[nH]c12. The Morgan fingerprint density at radius 3 is 2.40 bits per heavy atom. The van der Waals surface area contributed by atoms with Gasteiger partial charge >= 0.3 is 0 Å². The molecule has 1 unspecified atom stereocenters. The quantitative estimate of drug-likeness (QED) is 0.221. The van der Waals surface area contributed by atoms with Crippen LogP contribution in [0.2, 0.25) is 0 Å². The first-order valence-electron chi connectivity index (χ1n) is 13.5. The van der Waals surface area contributed by atoms with Crippen LogP contribution < -0.4 is 14.4 Å². The van der Waals surface area contributed by atoms with Crippen LogP contribution in [0, 0.1) is 10.1 Å². The summed E-state index contributed by atoms with van der Waals surface area (Å²) in [5, 5.41) is 12.1. The van der Waals surface area contributed by atoms with Gasteiger partial charge in [-0.15, -0.1) is 0 Å². The molecule has 2 heterocycles. The number of amides is 1. The van der Waals surface area contributed by atoms with Crippen LogP contribution in [0.3, 0.4) is 0 Å². The number of para-hydroxylation sites is 1. The number of nitro benzene ring substituents is 1. The van der Waals surface area contributed by atoms with E-state index in [0.717, 1.165) is 34.1 Å². The third-order valence-corrected chi connectivity index (χ3v) is 7.84. The monoisotopic (exact) mass is 542 g/mol. The minimum absolute atomic E-state index is 0.0703. The number of aromatic nitrogens is 1. The molecule has 208 valence electrons. The lowest BCUT2D eigenvalue weighted by Crippen LogP contribution is -2.49. The summed E-state index contributed by atoms with van der Waals surface area (Å²) in [6, 6.07) is 18.6. The predicted molar refractivity (Wildman–Crippen MR) is 156 cm³/mol. The van der Waals surface area contributed by atoms with Crippen LogP contribution in [0.25, 0.3) is 10.9 Å². The van der Waals surface area contributed by atoms with Gasteiger partial charge in [0.05, 0.1) is 19.1 Å². The van der Waals surface area contributed by atoms with Crippen molar-refractivity contribution in [2.75, 3.05) is 45.3 Å². The molecule has 0 aliphatic carbocycles. The maximum atomic E-state index is 13.8. The summed E-state index contributed by atoms with van der Waals surface area (Å²) in [7, 11) is 3.26. The summed E-state index contributed by atoms with van der Waals surface area (Å²) < 4.78 is 11.2. The molecule has 40 heavy (non-hydrogen) atoms. The van der Waals surface area contributed by atoms with Crippen molar-refractivity contribution in [3.8, 4) is 11.5 Å². The number of piperazine rings is 1. The lowest BCUT2D eigenvalue weighted by molar-refractivity contribution is -0.384. The molecular weight excluding hydrogens is 508 g/mol. The normalized spacial score (nSPS) is 14.3. The van der Waals surface area contributed by atoms with E-state index in [2.05, 4.69) is 35.0 Å². The average Bonchev–Trinajstić information content (AvgIpc) is 3.43. The number of methoxy groups -OCH3 is 2. The molecule has 9 heteroatoms. The lowest BCUT2D eigenvalue weighted by Gasteiger charge is -2.36. The summed E-state index contributed by atoms with van der Waals surface area (Å²) in [5.74, 6) is 1.23. The van der Waals surface area contributed by atoms with Gasteiger partial charge in [-0.2, -0.15) is 0 Å². The summed E-state index contributed by atoms with van der Waals surface area (Å²) in [6.45, 7) is 4.62. The fraction of sp³-hybridized carbons (Fsp3) is 0.323. The number of ether oxygens (including phenoxy) is 2. The zero-order valence-corrected chi connectivity index (χ0v) is 23.1. The largest absolute Gasteiger partial charge is 0.497 e. The molecule has 1 N–H and O–H groups in total. The number of non-ortho nitro benzene ring substituents is 1. The minimum Gasteiger partial charge on any atom is -0.497 e. The van der Waals surface area contributed by atoms with Crippen molar-refractivity contribution in [1.29, 1.82) is 0 Å². The Balaban J connectivity index is 1.40. The number of fused-ring (bicyclic) bond motifs is 1. The van der Waals surface area contributed by atoms with Gasteiger partial charge in [0.2, 0.25) is 5.91 Å². The first-order chi connectivity index (χ1) is 19.4. The number of carbonyl (C=O) groups is 1. The van der Waals surface area contributed by atoms with E-state index < -0.39 is 4.92 Å². The topological polar surface area (TPSA) is 101 Å². The van der Waals surface area contributed by atoms with E-state index in [4.69, 9.17) is 9.47 Å². The number of carbonyl (C=O) groups excluding carboxylic acids is 1. The van der Waals surface area contributed by atoms with Gasteiger partial charge in [0.15, 0.2) is 0 Å². The van der Waals surface area contributed by atoms with Crippen molar-refractivity contribution in [2.45, 2.75) is 25.7 Å². The number of nitro groups is 1. The Bertz CT molecular complexity index is 1510. The van der Waals surface area contributed by atoms with Gasteiger partial charge in [-0.1, -0.05) is 31.2 Å². The van der Waals surface area contributed by atoms with E-state index in [1.807, 2.05) is 29.3 Å². The van der Waals surface area contributed by atoms with Crippen LogP contribution in [-0.4, -0.2) is 61.1 Å². The van der Waals surface area contributed by atoms with Crippen molar-refractivity contribution in [2.24, 2.45) is 0 Å². The van der Waals surface area contributed by atoms with Crippen molar-refractivity contribution in [3.05, 3.63) is 93.7 Å². The van der Waals surface area contributed by atoms with Gasteiger partial charge in [-0.25, -0.2) is 0 Å². The van der Waals surface area contributed by atoms with Gasteiger partial charge in [-0.05, 0) is 35.7 Å². The highest BCUT2D eigenvalue weighted by atomic mass is 16.6. The van der Waals surface area contributed by atoms with Crippen molar-refractivity contribution < 1.29 is 19.2 Å². The minimum atomic E-state index is -0.397. The van der Waals surface area contributed by atoms with E-state index in [1.165, 1.54) is 17.7 Å². The van der Waals surface area contributed by atoms with E-state index >= 15 is 0 Å². The summed E-state index contributed by atoms with van der Waals surface area (Å²) in [4.78, 5) is 31.9. The second kappa shape index (κ2) is 11.7. The molecular formula is C31H34N4O5. The third-order valence-electron chi connectivity index (χ3n) is 7.84. The predicted octanol–water partition coefficient (Wildman–Crippen LogP) is 5.53. The Morgan fingerprint density at radius 2 is 1.75 bits per heavy atom. The van der Waals surface area contributed by atoms with E-state index in [1.54, 1.807) is 26.4 Å². The van der Waals surface area contributed by atoms with Gasteiger partial charge in [-0.3, -0.25) is 14.9 Å². The first-order valence-corrected chi connectivity index (χ1v) is 13.5. The number of hydrogen-bond donors (Lipinski definition) is 1. The number of hydrogen-bond acceptors (Lipinski definition) is 6. The second-order valence-electron chi connectivity index (χ2n) is 9.94. The molecule has 0 radical (unpaired) electrons. The average molecular weight is 543 g/mol.